The van der Waals surface area contributed by atoms with Crippen LogP contribution in [0, 0.1) is 16.0 Å². The number of esters is 1. The van der Waals surface area contributed by atoms with Gasteiger partial charge in [-0.25, -0.2) is 4.79 Å². The Bertz CT molecular complexity index is 952. The van der Waals surface area contributed by atoms with Crippen molar-refractivity contribution in [2.24, 2.45) is 5.92 Å². The molecule has 3 rings (SSSR count). The van der Waals surface area contributed by atoms with Crippen molar-refractivity contribution in [1.29, 1.82) is 0 Å². The average Bonchev–Trinajstić information content (AvgIpc) is 3.00. The number of fused-ring (bicyclic) bond motifs is 1. The van der Waals surface area contributed by atoms with Gasteiger partial charge in [-0.05, 0) is 43.0 Å². The zero-order valence-electron chi connectivity index (χ0n) is 16.3. The average molecular weight is 432 g/mol. The smallest absolute Gasteiger partial charge is 0.356 e. The molecule has 2 aliphatic heterocycles. The minimum atomic E-state index is -0.840. The number of carbonyl (C=O) groups is 3. The molecule has 9 nitrogen and oxygen atoms in total. The van der Waals surface area contributed by atoms with E-state index >= 15 is 0 Å². The molecule has 1 saturated heterocycles. The van der Waals surface area contributed by atoms with E-state index in [0.29, 0.717) is 16.9 Å². The first kappa shape index (κ1) is 21.7. The number of benzene rings is 1. The van der Waals surface area contributed by atoms with Crippen LogP contribution in [0.1, 0.15) is 25.8 Å². The standard InChI is InChI=1S/C20H20N2O7S/c1-11(23)7-8-30-16-9-15-17(12(2)24)19(25)21(15)18(16)20(26)29-10-13-3-5-14(6-4-13)22(27)28/h3-8,12,15,17,24H,9-10H2,1-2H3/b8-7-/t12-,15+,17-/m0/s1. The maximum atomic E-state index is 12.8. The van der Waals surface area contributed by atoms with Gasteiger partial charge in [-0.1, -0.05) is 11.8 Å². The number of thioether (sulfide) groups is 1. The molecule has 1 amide bonds. The summed E-state index contributed by atoms with van der Waals surface area (Å²) in [5.74, 6) is -1.78. The minimum Gasteiger partial charge on any atom is -0.456 e. The maximum absolute atomic E-state index is 12.8. The Morgan fingerprint density at radius 1 is 1.40 bits per heavy atom. The SMILES string of the molecule is CC(=O)/C=C\SC1=C(C(=O)OCc2ccc([N+](=O)[O-])cc2)N2C(=O)[C@@H]([C@H](C)O)[C@H]2C1. The molecule has 0 bridgehead atoms. The first-order valence-corrected chi connectivity index (χ1v) is 10.1. The second-order valence-corrected chi connectivity index (χ2v) is 8.05. The Labute approximate surface area is 176 Å². The first-order chi connectivity index (χ1) is 14.2. The van der Waals surface area contributed by atoms with E-state index in [4.69, 9.17) is 4.74 Å². The molecule has 1 fully saturated rings. The number of nitro groups is 1. The van der Waals surface area contributed by atoms with Gasteiger partial charge in [0.05, 0.1) is 23.0 Å². The van der Waals surface area contributed by atoms with Crippen LogP contribution in [-0.2, 0) is 25.7 Å². The van der Waals surface area contributed by atoms with Gasteiger partial charge in [0.15, 0.2) is 5.78 Å². The monoisotopic (exact) mass is 432 g/mol. The number of carbonyl (C=O) groups excluding carboxylic acids is 3. The predicted molar refractivity (Wildman–Crippen MR) is 108 cm³/mol. The largest absolute Gasteiger partial charge is 0.456 e. The van der Waals surface area contributed by atoms with E-state index < -0.39 is 22.9 Å². The van der Waals surface area contributed by atoms with E-state index in [9.17, 15) is 29.6 Å². The van der Waals surface area contributed by atoms with Crippen LogP contribution in [0.2, 0.25) is 0 Å². The molecule has 0 radical (unpaired) electrons. The Morgan fingerprint density at radius 2 is 2.07 bits per heavy atom. The highest BCUT2D eigenvalue weighted by atomic mass is 32.2. The highest BCUT2D eigenvalue weighted by Crippen LogP contribution is 2.47. The van der Waals surface area contributed by atoms with Crippen molar-refractivity contribution in [1.82, 2.24) is 4.90 Å². The van der Waals surface area contributed by atoms with Gasteiger partial charge >= 0.3 is 5.97 Å². The topological polar surface area (TPSA) is 127 Å². The molecular weight excluding hydrogens is 412 g/mol. The van der Waals surface area contributed by atoms with Gasteiger partial charge in [-0.3, -0.25) is 19.7 Å². The van der Waals surface area contributed by atoms with Crippen molar-refractivity contribution < 1.29 is 29.2 Å². The van der Waals surface area contributed by atoms with Gasteiger partial charge in [0.25, 0.3) is 5.69 Å². The summed E-state index contributed by atoms with van der Waals surface area (Å²) >= 11 is 1.17. The van der Waals surface area contributed by atoms with Crippen molar-refractivity contribution in [3.63, 3.8) is 0 Å². The van der Waals surface area contributed by atoms with Crippen LogP contribution in [-0.4, -0.2) is 44.7 Å². The van der Waals surface area contributed by atoms with Crippen LogP contribution in [0.5, 0.6) is 0 Å². The zero-order chi connectivity index (χ0) is 22.0. The number of ether oxygens (including phenoxy) is 1. The third-order valence-corrected chi connectivity index (χ3v) is 5.83. The number of nitrogens with zero attached hydrogens (tertiary/aromatic N) is 2. The highest BCUT2D eigenvalue weighted by Gasteiger charge is 2.56. The highest BCUT2D eigenvalue weighted by molar-refractivity contribution is 8.05. The fraction of sp³-hybridized carbons (Fsp3) is 0.350. The summed E-state index contributed by atoms with van der Waals surface area (Å²) in [6.45, 7) is 2.82. The first-order valence-electron chi connectivity index (χ1n) is 9.19. The Hall–Kier alpha value is -2.98. The lowest BCUT2D eigenvalue weighted by Crippen LogP contribution is -2.61. The van der Waals surface area contributed by atoms with Crippen LogP contribution < -0.4 is 0 Å². The van der Waals surface area contributed by atoms with E-state index in [1.165, 1.54) is 60.9 Å². The maximum Gasteiger partial charge on any atom is 0.356 e. The Morgan fingerprint density at radius 3 is 2.63 bits per heavy atom. The number of non-ortho nitro benzene ring substituents is 1. The molecule has 1 aromatic rings. The number of amides is 1. The number of nitro benzene ring substituents is 1. The summed E-state index contributed by atoms with van der Waals surface area (Å²) in [7, 11) is 0. The molecule has 0 aromatic heterocycles. The van der Waals surface area contributed by atoms with Crippen molar-refractivity contribution in [2.75, 3.05) is 0 Å². The van der Waals surface area contributed by atoms with E-state index in [-0.39, 0.29) is 35.7 Å². The molecule has 30 heavy (non-hydrogen) atoms. The van der Waals surface area contributed by atoms with Crippen molar-refractivity contribution >= 4 is 35.1 Å². The third-order valence-electron chi connectivity index (χ3n) is 4.91. The number of aliphatic hydroxyl groups is 1. The molecule has 0 aliphatic carbocycles. The van der Waals surface area contributed by atoms with E-state index in [1.807, 2.05) is 0 Å². The fourth-order valence-corrected chi connectivity index (χ4v) is 4.45. The van der Waals surface area contributed by atoms with Crippen molar-refractivity contribution in [3.8, 4) is 0 Å². The molecule has 1 aromatic carbocycles. The summed E-state index contributed by atoms with van der Waals surface area (Å²) in [5.41, 5.74) is 0.603. The normalized spacial score (nSPS) is 21.4. The number of β-lactam (4-membered cyclic amide) rings is 1. The van der Waals surface area contributed by atoms with Gasteiger partial charge in [0.1, 0.15) is 12.3 Å². The van der Waals surface area contributed by atoms with Gasteiger partial charge in [-0.2, -0.15) is 0 Å². The summed E-state index contributed by atoms with van der Waals surface area (Å²) in [6.07, 6.45) is 0.908. The second kappa shape index (κ2) is 8.80. The van der Waals surface area contributed by atoms with Gasteiger partial charge in [0, 0.05) is 23.5 Å². The van der Waals surface area contributed by atoms with Crippen LogP contribution >= 0.6 is 11.8 Å². The molecular formula is C20H20N2O7S. The van der Waals surface area contributed by atoms with Crippen LogP contribution in [0.3, 0.4) is 0 Å². The van der Waals surface area contributed by atoms with Gasteiger partial charge < -0.3 is 14.7 Å². The van der Waals surface area contributed by atoms with E-state index in [2.05, 4.69) is 0 Å². The van der Waals surface area contributed by atoms with Gasteiger partial charge in [0.2, 0.25) is 5.91 Å². The lowest BCUT2D eigenvalue weighted by atomic mass is 9.83. The summed E-state index contributed by atoms with van der Waals surface area (Å²) in [5, 5.41) is 22.1. The summed E-state index contributed by atoms with van der Waals surface area (Å²) in [6, 6.07) is 5.27. The molecule has 2 heterocycles. The van der Waals surface area contributed by atoms with Gasteiger partial charge in [-0.15, -0.1) is 0 Å². The molecule has 0 spiro atoms. The van der Waals surface area contributed by atoms with Crippen molar-refractivity contribution in [3.05, 3.63) is 62.0 Å². The number of allylic oxidation sites excluding steroid dienone is 1. The molecule has 3 atom stereocenters. The molecule has 2 aliphatic rings. The lowest BCUT2D eigenvalue weighted by molar-refractivity contribution is -0.384. The van der Waals surface area contributed by atoms with Crippen LogP contribution in [0.4, 0.5) is 5.69 Å². The zero-order valence-corrected chi connectivity index (χ0v) is 17.1. The number of ketones is 1. The number of hydrogen-bond donors (Lipinski definition) is 1. The molecule has 158 valence electrons. The van der Waals surface area contributed by atoms with Crippen LogP contribution in [0.25, 0.3) is 0 Å². The van der Waals surface area contributed by atoms with Crippen molar-refractivity contribution in [2.45, 2.75) is 39.0 Å². The van der Waals surface area contributed by atoms with E-state index in [1.54, 1.807) is 5.41 Å². The number of hydrogen-bond acceptors (Lipinski definition) is 8. The Kier molecular flexibility index (Phi) is 6.37. The lowest BCUT2D eigenvalue weighted by Gasteiger charge is -2.44. The predicted octanol–water partition coefficient (Wildman–Crippen LogP) is 2.30. The number of aliphatic hydroxyl groups excluding tert-OH is 1. The minimum absolute atomic E-state index is 0.0716. The summed E-state index contributed by atoms with van der Waals surface area (Å²) < 4.78 is 5.34. The third kappa shape index (κ3) is 4.29. The van der Waals surface area contributed by atoms with E-state index in [0.717, 1.165) is 0 Å². The molecule has 0 unspecified atom stereocenters. The molecule has 10 heteroatoms. The fourth-order valence-electron chi connectivity index (χ4n) is 3.47. The second-order valence-electron chi connectivity index (χ2n) is 7.05. The quantitative estimate of drug-likeness (QED) is 0.218. The summed E-state index contributed by atoms with van der Waals surface area (Å²) in [4.78, 5) is 48.5. The molecule has 0 saturated carbocycles. The Balaban J connectivity index is 1.76. The molecule has 1 N–H and O–H groups in total. The number of rotatable bonds is 8. The van der Waals surface area contributed by atoms with Crippen LogP contribution in [0.15, 0.2) is 46.4 Å².